The average molecular weight is 417 g/mol. The summed E-state index contributed by atoms with van der Waals surface area (Å²) in [5.74, 6) is 1.73. The fraction of sp³-hybridized carbons (Fsp3) is 0.619. The molecule has 1 aromatic carbocycles. The molecule has 1 aromatic rings. The molecule has 2 heterocycles. The topological polar surface area (TPSA) is 40.6 Å². The maximum atomic E-state index is 13.0. The van der Waals surface area contributed by atoms with Gasteiger partial charge in [-0.05, 0) is 61.6 Å². The molecule has 2 saturated heterocycles. The Morgan fingerprint density at radius 1 is 1.08 bits per heavy atom. The van der Waals surface area contributed by atoms with Crippen LogP contribution in [0.4, 0.5) is 0 Å². The summed E-state index contributed by atoms with van der Waals surface area (Å²) in [6.07, 6.45) is 5.93. The van der Waals surface area contributed by atoms with Gasteiger partial charge in [0.2, 0.25) is 11.8 Å². The van der Waals surface area contributed by atoms with E-state index in [0.717, 1.165) is 36.8 Å². The van der Waals surface area contributed by atoms with Crippen molar-refractivity contribution in [3.05, 3.63) is 34.3 Å². The molecule has 0 bridgehead atoms. The van der Waals surface area contributed by atoms with E-state index in [0.29, 0.717) is 42.2 Å². The van der Waals surface area contributed by atoms with E-state index < -0.39 is 0 Å². The molecule has 4 aliphatic rings. The highest BCUT2D eigenvalue weighted by atomic mass is 79.9. The first kappa shape index (κ1) is 16.8. The number of halogens is 1. The molecule has 0 radical (unpaired) electrons. The zero-order valence-corrected chi connectivity index (χ0v) is 16.5. The minimum atomic E-state index is 0.164. The molecule has 138 valence electrons. The van der Waals surface area contributed by atoms with Gasteiger partial charge >= 0.3 is 0 Å². The molecule has 2 aliphatic carbocycles. The van der Waals surface area contributed by atoms with Gasteiger partial charge in [0, 0.05) is 42.0 Å². The largest absolute Gasteiger partial charge is 0.342 e. The van der Waals surface area contributed by atoms with Crippen molar-refractivity contribution in [3.8, 4) is 0 Å². The molecule has 0 unspecified atom stereocenters. The van der Waals surface area contributed by atoms with Crippen LogP contribution in [-0.4, -0.2) is 46.8 Å². The van der Waals surface area contributed by atoms with E-state index in [1.165, 1.54) is 18.4 Å². The first-order valence-electron chi connectivity index (χ1n) is 9.97. The fourth-order valence-corrected chi connectivity index (χ4v) is 5.37. The van der Waals surface area contributed by atoms with Crippen LogP contribution in [0.2, 0.25) is 0 Å². The standard InChI is InChI=1S/C21H25BrN2O2/c22-15-4-1-13(2-5-15)17-11-18(17)21(26)23-10-9-19-14(12-23)3-8-20(25)24(19)16-6-7-16/h1-2,4-5,14,16-19H,3,6-12H2/t14-,17+,18+,19+/m0/s1. The Morgan fingerprint density at radius 2 is 1.85 bits per heavy atom. The molecule has 4 atom stereocenters. The van der Waals surface area contributed by atoms with E-state index in [1.54, 1.807) is 0 Å². The molecule has 4 fully saturated rings. The third-order valence-electron chi connectivity index (χ3n) is 6.73. The van der Waals surface area contributed by atoms with Crippen LogP contribution in [0.15, 0.2) is 28.7 Å². The highest BCUT2D eigenvalue weighted by Gasteiger charge is 2.49. The SMILES string of the molecule is O=C([C@@H]1C[C@@H]1c1ccc(Br)cc1)N1CC[C@@H]2[C@@H](CCC(=O)N2C2CC2)C1. The Morgan fingerprint density at radius 3 is 2.58 bits per heavy atom. The molecule has 4 nitrogen and oxygen atoms in total. The Kier molecular flexibility index (Phi) is 4.11. The molecule has 5 rings (SSSR count). The first-order valence-corrected chi connectivity index (χ1v) is 10.8. The van der Waals surface area contributed by atoms with Gasteiger partial charge in [-0.1, -0.05) is 28.1 Å². The molecule has 26 heavy (non-hydrogen) atoms. The highest BCUT2D eigenvalue weighted by molar-refractivity contribution is 9.10. The molecule has 2 aliphatic heterocycles. The summed E-state index contributed by atoms with van der Waals surface area (Å²) in [6.45, 7) is 1.67. The van der Waals surface area contributed by atoms with Crippen LogP contribution in [-0.2, 0) is 9.59 Å². The summed E-state index contributed by atoms with van der Waals surface area (Å²) >= 11 is 3.47. The van der Waals surface area contributed by atoms with Crippen LogP contribution in [0, 0.1) is 11.8 Å². The Hall–Kier alpha value is -1.36. The minimum absolute atomic E-state index is 0.164. The van der Waals surface area contributed by atoms with Gasteiger partial charge in [-0.2, -0.15) is 0 Å². The number of carbonyl (C=O) groups is 2. The zero-order chi connectivity index (χ0) is 17.8. The number of amides is 2. The highest BCUT2D eigenvalue weighted by Crippen LogP contribution is 2.49. The number of fused-ring (bicyclic) bond motifs is 1. The second-order valence-corrected chi connectivity index (χ2v) is 9.39. The molecule has 2 saturated carbocycles. The number of hydrogen-bond donors (Lipinski definition) is 0. The van der Waals surface area contributed by atoms with Gasteiger partial charge in [0.15, 0.2) is 0 Å². The van der Waals surface area contributed by atoms with Crippen molar-refractivity contribution in [2.24, 2.45) is 11.8 Å². The van der Waals surface area contributed by atoms with Gasteiger partial charge in [0.1, 0.15) is 0 Å². The van der Waals surface area contributed by atoms with Crippen LogP contribution >= 0.6 is 15.9 Å². The molecule has 0 spiro atoms. The van der Waals surface area contributed by atoms with Crippen LogP contribution in [0.5, 0.6) is 0 Å². The Labute approximate surface area is 163 Å². The maximum absolute atomic E-state index is 13.0. The number of rotatable bonds is 3. The van der Waals surface area contributed by atoms with E-state index >= 15 is 0 Å². The van der Waals surface area contributed by atoms with Crippen molar-refractivity contribution in [1.29, 1.82) is 0 Å². The van der Waals surface area contributed by atoms with E-state index in [2.05, 4.69) is 50.0 Å². The lowest BCUT2D eigenvalue weighted by molar-refractivity contribution is -0.145. The zero-order valence-electron chi connectivity index (χ0n) is 14.9. The van der Waals surface area contributed by atoms with Gasteiger partial charge in [0.05, 0.1) is 0 Å². The summed E-state index contributed by atoms with van der Waals surface area (Å²) < 4.78 is 1.08. The number of carbonyl (C=O) groups excluding carboxylic acids is 2. The number of benzene rings is 1. The van der Waals surface area contributed by atoms with E-state index in [-0.39, 0.29) is 5.92 Å². The van der Waals surface area contributed by atoms with E-state index in [4.69, 9.17) is 0 Å². The molecule has 0 aromatic heterocycles. The molecule has 5 heteroatoms. The second-order valence-electron chi connectivity index (χ2n) is 8.47. The van der Waals surface area contributed by atoms with Gasteiger partial charge < -0.3 is 9.80 Å². The lowest BCUT2D eigenvalue weighted by Gasteiger charge is -2.47. The predicted octanol–water partition coefficient (Wildman–Crippen LogP) is 3.55. The molecule has 2 amide bonds. The Balaban J connectivity index is 1.23. The van der Waals surface area contributed by atoms with Crippen molar-refractivity contribution < 1.29 is 9.59 Å². The predicted molar refractivity (Wildman–Crippen MR) is 103 cm³/mol. The third kappa shape index (κ3) is 2.98. The van der Waals surface area contributed by atoms with Crippen molar-refractivity contribution in [1.82, 2.24) is 9.80 Å². The van der Waals surface area contributed by atoms with Crippen LogP contribution in [0.25, 0.3) is 0 Å². The van der Waals surface area contributed by atoms with Crippen LogP contribution < -0.4 is 0 Å². The number of nitrogens with zero attached hydrogens (tertiary/aromatic N) is 2. The van der Waals surface area contributed by atoms with Crippen molar-refractivity contribution >= 4 is 27.7 Å². The Bertz CT molecular complexity index is 730. The normalized spacial score (nSPS) is 33.8. The second kappa shape index (κ2) is 6.36. The number of hydrogen-bond acceptors (Lipinski definition) is 2. The number of piperidine rings is 2. The maximum Gasteiger partial charge on any atom is 0.226 e. The monoisotopic (exact) mass is 416 g/mol. The van der Waals surface area contributed by atoms with Gasteiger partial charge in [-0.3, -0.25) is 9.59 Å². The van der Waals surface area contributed by atoms with Crippen molar-refractivity contribution in [2.75, 3.05) is 13.1 Å². The van der Waals surface area contributed by atoms with E-state index in [9.17, 15) is 9.59 Å². The summed E-state index contributed by atoms with van der Waals surface area (Å²) in [4.78, 5) is 29.6. The summed E-state index contributed by atoms with van der Waals surface area (Å²) in [5, 5.41) is 0. The quantitative estimate of drug-likeness (QED) is 0.755. The smallest absolute Gasteiger partial charge is 0.226 e. The van der Waals surface area contributed by atoms with Crippen molar-refractivity contribution in [2.45, 2.75) is 56.5 Å². The van der Waals surface area contributed by atoms with Crippen LogP contribution in [0.1, 0.15) is 50.0 Å². The van der Waals surface area contributed by atoms with Gasteiger partial charge in [-0.15, -0.1) is 0 Å². The summed E-state index contributed by atoms with van der Waals surface area (Å²) in [7, 11) is 0. The fourth-order valence-electron chi connectivity index (χ4n) is 5.10. The summed E-state index contributed by atoms with van der Waals surface area (Å²) in [6, 6.07) is 9.28. The number of likely N-dealkylation sites (tertiary alicyclic amines) is 2. The van der Waals surface area contributed by atoms with Crippen molar-refractivity contribution in [3.63, 3.8) is 0 Å². The third-order valence-corrected chi connectivity index (χ3v) is 7.25. The molecular weight excluding hydrogens is 392 g/mol. The van der Waals surface area contributed by atoms with Crippen LogP contribution in [0.3, 0.4) is 0 Å². The van der Waals surface area contributed by atoms with Gasteiger partial charge in [-0.25, -0.2) is 0 Å². The first-order chi connectivity index (χ1) is 12.6. The minimum Gasteiger partial charge on any atom is -0.342 e. The average Bonchev–Trinajstić information content (AvgIpc) is 3.54. The lowest BCUT2D eigenvalue weighted by atomic mass is 9.83. The molecular formula is C21H25BrN2O2. The van der Waals surface area contributed by atoms with E-state index in [1.807, 2.05) is 0 Å². The molecule has 0 N–H and O–H groups in total. The lowest BCUT2D eigenvalue weighted by Crippen LogP contribution is -2.57. The summed E-state index contributed by atoms with van der Waals surface area (Å²) in [5.41, 5.74) is 1.28. The van der Waals surface area contributed by atoms with Gasteiger partial charge in [0.25, 0.3) is 0 Å².